The average molecular weight is 113 g/mol. The summed E-state index contributed by atoms with van der Waals surface area (Å²) in [5, 5.41) is 6.29. The Kier molecular flexibility index (Phi) is 3.66. The van der Waals surface area contributed by atoms with Gasteiger partial charge in [-0.05, 0) is 6.92 Å². The van der Waals surface area contributed by atoms with Gasteiger partial charge in [0.25, 0.3) is 0 Å². The third-order valence-electron chi connectivity index (χ3n) is 0.616. The van der Waals surface area contributed by atoms with Gasteiger partial charge >= 0.3 is 0 Å². The lowest BCUT2D eigenvalue weighted by Crippen LogP contribution is -2.05. The highest BCUT2D eigenvalue weighted by molar-refractivity contribution is 5.23. The lowest BCUT2D eigenvalue weighted by Gasteiger charge is -1.95. The van der Waals surface area contributed by atoms with Gasteiger partial charge in [-0.25, -0.2) is 0 Å². The first-order chi connectivity index (χ1) is 3.81. The summed E-state index contributed by atoms with van der Waals surface area (Å²) in [7, 11) is 1.83. The first-order valence-electron chi connectivity index (χ1n) is 2.37. The van der Waals surface area contributed by atoms with E-state index in [2.05, 4.69) is 22.6 Å². The molecule has 0 amide bonds. The van der Waals surface area contributed by atoms with Crippen LogP contribution >= 0.6 is 0 Å². The Bertz CT molecular complexity index is 95.8. The van der Waals surface area contributed by atoms with Gasteiger partial charge in [-0.2, -0.15) is 5.10 Å². The number of allylic oxidation sites excluding steroid dienone is 1. The molecule has 0 aliphatic heterocycles. The van der Waals surface area contributed by atoms with Crippen molar-refractivity contribution in [3.63, 3.8) is 0 Å². The minimum Gasteiger partial charge on any atom is -0.393 e. The molecule has 0 heterocycles. The maximum absolute atomic E-state index is 3.45. The van der Waals surface area contributed by atoms with Crippen molar-refractivity contribution in [2.24, 2.45) is 5.10 Å². The summed E-state index contributed by atoms with van der Waals surface area (Å²) in [6.45, 7) is 5.15. The van der Waals surface area contributed by atoms with Gasteiger partial charge in [0.2, 0.25) is 0 Å². The van der Waals surface area contributed by atoms with Gasteiger partial charge in [-0.1, -0.05) is 0 Å². The monoisotopic (exact) mass is 113 g/mol. The summed E-state index contributed by atoms with van der Waals surface area (Å²) in [6.07, 6.45) is 1.80. The van der Waals surface area contributed by atoms with Crippen LogP contribution in [0.5, 0.6) is 0 Å². The molecule has 0 unspecified atom stereocenters. The van der Waals surface area contributed by atoms with Crippen molar-refractivity contribution in [1.82, 2.24) is 10.7 Å². The minimum absolute atomic E-state index is 0.947. The fourth-order valence-electron chi connectivity index (χ4n) is 0.373. The summed E-state index contributed by atoms with van der Waals surface area (Å²) in [4.78, 5) is 0. The van der Waals surface area contributed by atoms with Crippen LogP contribution in [0, 0.1) is 0 Å². The third-order valence-corrected chi connectivity index (χ3v) is 0.616. The molecule has 0 fully saturated rings. The molecule has 3 nitrogen and oxygen atoms in total. The zero-order chi connectivity index (χ0) is 6.41. The van der Waals surface area contributed by atoms with Gasteiger partial charge in [0.15, 0.2) is 0 Å². The predicted molar refractivity (Wildman–Crippen MR) is 35.5 cm³/mol. The fraction of sp³-hybridized carbons (Fsp3) is 0.400. The Balaban J connectivity index is 3.44. The van der Waals surface area contributed by atoms with Crippen molar-refractivity contribution in [2.45, 2.75) is 6.92 Å². The molecular formula is C5H11N3. The number of nitrogens with one attached hydrogen (secondary N) is 2. The molecule has 0 saturated heterocycles. The SMILES string of the molecule is C=NN/C(C)=C/NC. The van der Waals surface area contributed by atoms with Crippen molar-refractivity contribution < 1.29 is 0 Å². The molecule has 2 N–H and O–H groups in total. The lowest BCUT2D eigenvalue weighted by molar-refractivity contribution is 0.873. The third kappa shape index (κ3) is 3.21. The van der Waals surface area contributed by atoms with Gasteiger partial charge in [-0.3, -0.25) is 5.43 Å². The van der Waals surface area contributed by atoms with E-state index in [1.165, 1.54) is 0 Å². The Labute approximate surface area is 49.5 Å². The molecule has 46 valence electrons. The fourth-order valence-corrected chi connectivity index (χ4v) is 0.373. The van der Waals surface area contributed by atoms with Crippen LogP contribution in [0.15, 0.2) is 17.0 Å². The highest BCUT2D eigenvalue weighted by atomic mass is 15.3. The quantitative estimate of drug-likeness (QED) is 0.407. The van der Waals surface area contributed by atoms with Gasteiger partial charge in [-0.15, -0.1) is 0 Å². The first kappa shape index (κ1) is 7.01. The largest absolute Gasteiger partial charge is 0.393 e. The molecule has 0 saturated carbocycles. The average Bonchev–Trinajstić information content (AvgIpc) is 1.68. The van der Waals surface area contributed by atoms with Crippen molar-refractivity contribution >= 4 is 6.72 Å². The lowest BCUT2D eigenvalue weighted by atomic mass is 10.6. The van der Waals surface area contributed by atoms with E-state index in [1.54, 1.807) is 6.20 Å². The van der Waals surface area contributed by atoms with Crippen LogP contribution in [0.3, 0.4) is 0 Å². The Morgan fingerprint density at radius 1 is 1.75 bits per heavy atom. The van der Waals surface area contributed by atoms with Crippen molar-refractivity contribution in [2.75, 3.05) is 7.05 Å². The summed E-state index contributed by atoms with van der Waals surface area (Å²) in [6, 6.07) is 0. The number of hydrogen-bond acceptors (Lipinski definition) is 3. The number of hydrogen-bond donors (Lipinski definition) is 2. The molecule has 0 bridgehead atoms. The smallest absolute Gasteiger partial charge is 0.0461 e. The van der Waals surface area contributed by atoms with Gasteiger partial charge in [0, 0.05) is 25.7 Å². The van der Waals surface area contributed by atoms with Crippen LogP contribution in [0.25, 0.3) is 0 Å². The zero-order valence-corrected chi connectivity index (χ0v) is 5.23. The van der Waals surface area contributed by atoms with Crippen LogP contribution in [0.4, 0.5) is 0 Å². The van der Waals surface area contributed by atoms with Gasteiger partial charge in [0.05, 0.1) is 0 Å². The van der Waals surface area contributed by atoms with Crippen LogP contribution in [-0.4, -0.2) is 13.8 Å². The van der Waals surface area contributed by atoms with E-state index >= 15 is 0 Å². The molecule has 0 aromatic carbocycles. The van der Waals surface area contributed by atoms with Crippen molar-refractivity contribution in [3.05, 3.63) is 11.9 Å². The Hall–Kier alpha value is -0.990. The summed E-state index contributed by atoms with van der Waals surface area (Å²) in [5.74, 6) is 0. The Morgan fingerprint density at radius 3 is 2.75 bits per heavy atom. The molecule has 0 spiro atoms. The maximum Gasteiger partial charge on any atom is 0.0461 e. The topological polar surface area (TPSA) is 36.4 Å². The molecule has 0 aromatic rings. The van der Waals surface area contributed by atoms with Gasteiger partial charge in [0.1, 0.15) is 0 Å². The minimum atomic E-state index is 0.947. The predicted octanol–water partition coefficient (Wildman–Crippen LogP) is 0.272. The second kappa shape index (κ2) is 4.18. The van der Waals surface area contributed by atoms with E-state index in [4.69, 9.17) is 0 Å². The molecule has 0 radical (unpaired) electrons. The van der Waals surface area contributed by atoms with E-state index in [-0.39, 0.29) is 0 Å². The van der Waals surface area contributed by atoms with Gasteiger partial charge < -0.3 is 5.32 Å². The van der Waals surface area contributed by atoms with Crippen LogP contribution in [-0.2, 0) is 0 Å². The standard InChI is InChI=1S/C5H11N3/c1-5(4-6-2)8-7-3/h4,6,8H,3H2,1-2H3/b5-4+. The molecule has 0 atom stereocenters. The second-order valence-corrected chi connectivity index (χ2v) is 1.39. The Morgan fingerprint density at radius 2 is 2.38 bits per heavy atom. The molecular weight excluding hydrogens is 102 g/mol. The molecule has 3 heteroatoms. The molecule has 8 heavy (non-hydrogen) atoms. The summed E-state index contributed by atoms with van der Waals surface area (Å²) < 4.78 is 0. The van der Waals surface area contributed by atoms with Crippen LogP contribution in [0.2, 0.25) is 0 Å². The number of nitrogens with zero attached hydrogens (tertiary/aromatic N) is 1. The first-order valence-corrected chi connectivity index (χ1v) is 2.37. The molecule has 0 aliphatic rings. The number of hydrazone groups is 1. The van der Waals surface area contributed by atoms with E-state index in [1.807, 2.05) is 14.0 Å². The molecule has 0 aromatic heterocycles. The van der Waals surface area contributed by atoms with E-state index < -0.39 is 0 Å². The summed E-state index contributed by atoms with van der Waals surface area (Å²) in [5.41, 5.74) is 3.61. The number of rotatable bonds is 3. The van der Waals surface area contributed by atoms with Crippen molar-refractivity contribution in [1.29, 1.82) is 0 Å². The summed E-state index contributed by atoms with van der Waals surface area (Å²) >= 11 is 0. The van der Waals surface area contributed by atoms with Crippen molar-refractivity contribution in [3.8, 4) is 0 Å². The highest BCUT2D eigenvalue weighted by Gasteiger charge is 1.76. The normalized spacial score (nSPS) is 10.5. The van der Waals surface area contributed by atoms with E-state index in [9.17, 15) is 0 Å². The molecule has 0 aliphatic carbocycles. The van der Waals surface area contributed by atoms with Crippen LogP contribution < -0.4 is 10.7 Å². The van der Waals surface area contributed by atoms with E-state index in [0.29, 0.717) is 0 Å². The van der Waals surface area contributed by atoms with E-state index in [0.717, 1.165) is 5.70 Å². The molecule has 0 rings (SSSR count). The highest BCUT2D eigenvalue weighted by Crippen LogP contribution is 1.78. The zero-order valence-electron chi connectivity index (χ0n) is 5.23. The second-order valence-electron chi connectivity index (χ2n) is 1.39. The maximum atomic E-state index is 3.45. The van der Waals surface area contributed by atoms with Crippen LogP contribution in [0.1, 0.15) is 6.92 Å².